The molecule has 0 fully saturated rings. The summed E-state index contributed by atoms with van der Waals surface area (Å²) in [4.78, 5) is 27.3. The molecule has 0 saturated carbocycles. The molecule has 2 atom stereocenters. The fourth-order valence-electron chi connectivity index (χ4n) is 8.44. The van der Waals surface area contributed by atoms with Crippen molar-refractivity contribution >= 4 is 19.5 Å². The van der Waals surface area contributed by atoms with Gasteiger partial charge >= 0.3 is 19.5 Å². The zero-order valence-corrected chi connectivity index (χ0v) is 43.9. The number of carbonyl (C=O) groups excluding carboxylic acids is 2. The first-order valence-electron chi connectivity index (χ1n) is 27.5. The quantitative estimate of drug-likeness (QED) is 0.0339. The largest absolute Gasteiger partial charge is 0.465 e. The lowest BCUT2D eigenvalue weighted by Gasteiger charge is -2.19. The highest BCUT2D eigenvalue weighted by Gasteiger charge is 2.24. The zero-order chi connectivity index (χ0) is 46.3. The van der Waals surface area contributed by atoms with Crippen LogP contribution in [-0.4, -0.2) is 70.1 Å². The maximum atomic E-state index is 13.7. The Morgan fingerprint density at radius 3 is 1.10 bits per heavy atom. The van der Waals surface area contributed by atoms with Crippen molar-refractivity contribution in [3.05, 3.63) is 0 Å². The summed E-state index contributed by atoms with van der Waals surface area (Å²) >= 11 is 0. The van der Waals surface area contributed by atoms with Crippen LogP contribution in [0.1, 0.15) is 272 Å². The van der Waals surface area contributed by atoms with Crippen LogP contribution in [0.5, 0.6) is 0 Å². The molecule has 0 aromatic carbocycles. The van der Waals surface area contributed by atoms with Gasteiger partial charge in [0.15, 0.2) is 0 Å². The summed E-state index contributed by atoms with van der Waals surface area (Å²) in [5.74, 6) is 0.924. The minimum Gasteiger partial charge on any atom is -0.465 e. The van der Waals surface area contributed by atoms with Crippen molar-refractivity contribution in [2.45, 2.75) is 272 Å². The van der Waals surface area contributed by atoms with Crippen LogP contribution in [0.2, 0.25) is 0 Å². The van der Waals surface area contributed by atoms with Crippen LogP contribution in [0.15, 0.2) is 0 Å². The Kier molecular flexibility index (Phi) is 46.8. The standard InChI is InChI=1S/C54H108NO7P/c1-7-11-15-19-23-31-41-51(39-29-17-13-9-3)49-59-53(56)43-33-25-21-27-36-46-61-63(58,48-38-35-45-55(5)6)62-47-37-28-22-26-34-44-54(57)60-50-52(40-30-18-14-10-4)42-32-24-20-16-12-8-2/h51-52H,7-50H2,1-6H3. The van der Waals surface area contributed by atoms with Gasteiger partial charge in [-0.15, -0.1) is 0 Å². The number of unbranched alkanes of at least 4 members (excludes halogenated alkanes) is 25. The monoisotopic (exact) mass is 914 g/mol. The van der Waals surface area contributed by atoms with Gasteiger partial charge < -0.3 is 23.4 Å². The third-order valence-corrected chi connectivity index (χ3v) is 14.8. The molecule has 0 aliphatic carbocycles. The van der Waals surface area contributed by atoms with Gasteiger partial charge in [0.2, 0.25) is 0 Å². The number of carbonyl (C=O) groups is 2. The molecule has 0 amide bonds. The number of esters is 2. The topological polar surface area (TPSA) is 91.4 Å². The highest BCUT2D eigenvalue weighted by Crippen LogP contribution is 2.49. The molecule has 0 radical (unpaired) electrons. The molecule has 0 aliphatic heterocycles. The summed E-state index contributed by atoms with van der Waals surface area (Å²) < 4.78 is 37.3. The first-order chi connectivity index (χ1) is 30.7. The van der Waals surface area contributed by atoms with E-state index in [9.17, 15) is 14.2 Å². The molecule has 0 bridgehead atoms. The molecule has 0 aromatic heterocycles. The first kappa shape index (κ1) is 62.1. The van der Waals surface area contributed by atoms with Crippen molar-refractivity contribution in [1.82, 2.24) is 4.90 Å². The van der Waals surface area contributed by atoms with E-state index >= 15 is 0 Å². The van der Waals surface area contributed by atoms with Crippen LogP contribution in [0.3, 0.4) is 0 Å². The molecule has 0 N–H and O–H groups in total. The van der Waals surface area contributed by atoms with Gasteiger partial charge in [-0.25, -0.2) is 0 Å². The second-order valence-corrected chi connectivity index (χ2v) is 21.6. The Hall–Kier alpha value is -0.950. The Labute approximate surface area is 392 Å². The molecule has 0 rings (SSSR count). The molecular weight excluding hydrogens is 806 g/mol. The third kappa shape index (κ3) is 44.6. The van der Waals surface area contributed by atoms with Gasteiger partial charge in [0, 0.05) is 12.8 Å². The normalized spacial score (nSPS) is 13.6. The Bertz CT molecular complexity index is 958. The highest BCUT2D eigenvalue weighted by atomic mass is 31.2. The molecule has 2 unspecified atom stereocenters. The first-order valence-corrected chi connectivity index (χ1v) is 29.3. The van der Waals surface area contributed by atoms with E-state index in [1.165, 1.54) is 154 Å². The van der Waals surface area contributed by atoms with Crippen LogP contribution in [-0.2, 0) is 32.7 Å². The van der Waals surface area contributed by atoms with E-state index in [1.54, 1.807) is 0 Å². The zero-order valence-electron chi connectivity index (χ0n) is 43.0. The minimum atomic E-state index is -3.15. The van der Waals surface area contributed by atoms with Crippen molar-refractivity contribution in [3.63, 3.8) is 0 Å². The maximum Gasteiger partial charge on any atom is 0.330 e. The minimum absolute atomic E-state index is 0.0437. The molecule has 0 aliphatic rings. The van der Waals surface area contributed by atoms with E-state index in [2.05, 4.69) is 46.7 Å². The summed E-state index contributed by atoms with van der Waals surface area (Å²) in [7, 11) is 0.971. The Morgan fingerprint density at radius 1 is 0.413 bits per heavy atom. The van der Waals surface area contributed by atoms with Crippen molar-refractivity contribution in [3.8, 4) is 0 Å². The van der Waals surface area contributed by atoms with E-state index in [0.717, 1.165) is 83.6 Å². The number of ether oxygens (including phenoxy) is 2. The van der Waals surface area contributed by atoms with E-state index < -0.39 is 7.60 Å². The highest BCUT2D eigenvalue weighted by molar-refractivity contribution is 7.53. The average Bonchev–Trinajstić information content (AvgIpc) is 3.27. The summed E-state index contributed by atoms with van der Waals surface area (Å²) in [5.41, 5.74) is 0. The lowest BCUT2D eigenvalue weighted by Crippen LogP contribution is -2.14. The van der Waals surface area contributed by atoms with Gasteiger partial charge in [0.1, 0.15) is 0 Å². The maximum absolute atomic E-state index is 13.7. The van der Waals surface area contributed by atoms with Crippen LogP contribution in [0, 0.1) is 11.8 Å². The van der Waals surface area contributed by atoms with Crippen molar-refractivity contribution in [1.29, 1.82) is 0 Å². The van der Waals surface area contributed by atoms with Gasteiger partial charge in [-0.05, 0) is 96.7 Å². The lowest BCUT2D eigenvalue weighted by atomic mass is 9.95. The van der Waals surface area contributed by atoms with Crippen LogP contribution < -0.4 is 0 Å². The van der Waals surface area contributed by atoms with E-state index in [0.29, 0.717) is 57.3 Å². The van der Waals surface area contributed by atoms with Gasteiger partial charge in [-0.2, -0.15) is 0 Å². The van der Waals surface area contributed by atoms with Crippen molar-refractivity contribution in [2.24, 2.45) is 11.8 Å². The number of rotatable bonds is 51. The van der Waals surface area contributed by atoms with Crippen molar-refractivity contribution < 1.29 is 32.7 Å². The molecular formula is C54H108NO7P. The predicted octanol–water partition coefficient (Wildman–Crippen LogP) is 17.0. The molecule has 376 valence electrons. The van der Waals surface area contributed by atoms with E-state index in [4.69, 9.17) is 18.5 Å². The molecule has 0 aromatic rings. The van der Waals surface area contributed by atoms with Crippen LogP contribution in [0.4, 0.5) is 0 Å². The van der Waals surface area contributed by atoms with Gasteiger partial charge in [-0.3, -0.25) is 14.2 Å². The summed E-state index contributed by atoms with van der Waals surface area (Å²) in [6.45, 7) is 12.1. The van der Waals surface area contributed by atoms with Gasteiger partial charge in [0.05, 0.1) is 32.6 Å². The predicted molar refractivity (Wildman–Crippen MR) is 270 cm³/mol. The molecule has 0 saturated heterocycles. The molecule has 0 spiro atoms. The van der Waals surface area contributed by atoms with E-state index in [-0.39, 0.29) is 11.9 Å². The SMILES string of the molecule is CCCCCCCCC(CCCCCC)COC(=O)CCCCCCCOP(=O)(CCCCN(C)C)OCCCCCCCC(=O)OCC(CCCCCC)CCCCCCCC. The van der Waals surface area contributed by atoms with Gasteiger partial charge in [-0.1, -0.05) is 195 Å². The van der Waals surface area contributed by atoms with Crippen LogP contribution in [0.25, 0.3) is 0 Å². The summed E-state index contributed by atoms with van der Waals surface area (Å²) in [6, 6.07) is 0. The molecule has 0 heterocycles. The lowest BCUT2D eigenvalue weighted by molar-refractivity contribution is -0.146. The van der Waals surface area contributed by atoms with E-state index in [1.807, 2.05) is 0 Å². The van der Waals surface area contributed by atoms with Crippen LogP contribution >= 0.6 is 7.60 Å². The third-order valence-electron chi connectivity index (χ3n) is 12.7. The molecule has 9 heteroatoms. The van der Waals surface area contributed by atoms with Crippen molar-refractivity contribution in [2.75, 3.05) is 53.2 Å². The summed E-state index contributed by atoms with van der Waals surface area (Å²) in [6.07, 6.45) is 43.2. The van der Waals surface area contributed by atoms with Gasteiger partial charge in [0.25, 0.3) is 0 Å². The fourth-order valence-corrected chi connectivity index (χ4v) is 10.2. The number of hydrogen-bond acceptors (Lipinski definition) is 8. The number of nitrogens with zero attached hydrogens (tertiary/aromatic N) is 1. The fraction of sp³-hybridized carbons (Fsp3) is 0.963. The second kappa shape index (κ2) is 47.5. The Morgan fingerprint density at radius 2 is 0.730 bits per heavy atom. The molecule has 63 heavy (non-hydrogen) atoms. The Balaban J connectivity index is 4.40. The smallest absolute Gasteiger partial charge is 0.330 e. The summed E-state index contributed by atoms with van der Waals surface area (Å²) in [5, 5.41) is 0. The average molecular weight is 914 g/mol. The second-order valence-electron chi connectivity index (χ2n) is 19.5. The number of hydrogen-bond donors (Lipinski definition) is 0. The molecule has 8 nitrogen and oxygen atoms in total.